The minimum absolute atomic E-state index is 0.0484. The highest BCUT2D eigenvalue weighted by Gasteiger charge is 1.93. The van der Waals surface area contributed by atoms with Crippen molar-refractivity contribution in [2.24, 2.45) is 11.5 Å². The summed E-state index contributed by atoms with van der Waals surface area (Å²) in [6.45, 7) is 3.89. The van der Waals surface area contributed by atoms with Gasteiger partial charge in [0.25, 0.3) is 0 Å². The third-order valence-electron chi connectivity index (χ3n) is 1.20. The second-order valence-corrected chi connectivity index (χ2v) is 3.28. The standard InChI is InChI=1S/C7H9N3.C3H9N/c8-6-3-1-2-5(4-6)7(9)10;1-3(2)4/h1-4H,8H2,(H3,9,10);3H,4H2,1-2H3. The van der Waals surface area contributed by atoms with E-state index in [4.69, 9.17) is 22.6 Å². The average Bonchev–Trinajstić information content (AvgIpc) is 2.03. The van der Waals surface area contributed by atoms with Gasteiger partial charge >= 0.3 is 0 Å². The fraction of sp³-hybridized carbons (Fsp3) is 0.300. The van der Waals surface area contributed by atoms with Crippen LogP contribution in [0.4, 0.5) is 5.69 Å². The zero-order chi connectivity index (χ0) is 11.1. The quantitative estimate of drug-likeness (QED) is 0.303. The molecule has 0 heterocycles. The van der Waals surface area contributed by atoms with Gasteiger partial charge in [0, 0.05) is 11.3 Å². The van der Waals surface area contributed by atoms with Crippen LogP contribution in [0.15, 0.2) is 24.3 Å². The predicted octanol–water partition coefficient (Wildman–Crippen LogP) is 0.906. The molecule has 0 fully saturated rings. The Bertz CT molecular complexity index is 291. The predicted molar refractivity (Wildman–Crippen MR) is 61.2 cm³/mol. The first-order chi connectivity index (χ1) is 6.43. The van der Waals surface area contributed by atoms with Gasteiger partial charge in [0.05, 0.1) is 0 Å². The fourth-order valence-corrected chi connectivity index (χ4v) is 0.706. The lowest BCUT2D eigenvalue weighted by Gasteiger charge is -1.97. The number of nitrogen functional groups attached to an aromatic ring is 2. The van der Waals surface area contributed by atoms with Crippen LogP contribution in [0.3, 0.4) is 0 Å². The van der Waals surface area contributed by atoms with E-state index < -0.39 is 0 Å². The number of hydrogen-bond acceptors (Lipinski definition) is 3. The summed E-state index contributed by atoms with van der Waals surface area (Å²) in [5.41, 5.74) is 17.1. The topological polar surface area (TPSA) is 102 Å². The lowest BCUT2D eigenvalue weighted by atomic mass is 10.2. The number of anilines is 1. The van der Waals surface area contributed by atoms with Crippen molar-refractivity contribution in [3.63, 3.8) is 0 Å². The molecule has 0 radical (unpaired) electrons. The average molecular weight is 194 g/mol. The first-order valence-corrected chi connectivity index (χ1v) is 4.39. The summed E-state index contributed by atoms with van der Waals surface area (Å²) in [7, 11) is 0. The molecule has 0 amide bonds. The van der Waals surface area contributed by atoms with Gasteiger partial charge in [-0.3, -0.25) is 5.41 Å². The summed E-state index contributed by atoms with van der Waals surface area (Å²) in [5, 5.41) is 7.05. The van der Waals surface area contributed by atoms with E-state index in [1.807, 2.05) is 13.8 Å². The van der Waals surface area contributed by atoms with Crippen molar-refractivity contribution in [1.82, 2.24) is 0 Å². The van der Waals surface area contributed by atoms with Crippen molar-refractivity contribution in [3.05, 3.63) is 29.8 Å². The summed E-state index contributed by atoms with van der Waals surface area (Å²) in [6.07, 6.45) is 0. The molecule has 1 rings (SSSR count). The fourth-order valence-electron chi connectivity index (χ4n) is 0.706. The van der Waals surface area contributed by atoms with Crippen LogP contribution in [0.25, 0.3) is 0 Å². The molecule has 78 valence electrons. The van der Waals surface area contributed by atoms with Crippen LogP contribution in [0.1, 0.15) is 19.4 Å². The summed E-state index contributed by atoms with van der Waals surface area (Å²) in [6, 6.07) is 7.28. The third-order valence-corrected chi connectivity index (χ3v) is 1.20. The highest BCUT2D eigenvalue weighted by molar-refractivity contribution is 5.95. The molecule has 0 aliphatic carbocycles. The highest BCUT2D eigenvalue weighted by atomic mass is 14.7. The zero-order valence-electron chi connectivity index (χ0n) is 8.62. The van der Waals surface area contributed by atoms with Gasteiger partial charge in [-0.25, -0.2) is 0 Å². The number of nitrogens with two attached hydrogens (primary N) is 3. The molecule has 4 heteroatoms. The summed E-state index contributed by atoms with van der Waals surface area (Å²) < 4.78 is 0. The van der Waals surface area contributed by atoms with E-state index in [0.29, 0.717) is 17.3 Å². The van der Waals surface area contributed by atoms with Crippen LogP contribution in [0, 0.1) is 5.41 Å². The second kappa shape index (κ2) is 5.99. The van der Waals surface area contributed by atoms with Crippen LogP contribution < -0.4 is 17.2 Å². The molecule has 1 aromatic carbocycles. The van der Waals surface area contributed by atoms with Crippen LogP contribution in [-0.4, -0.2) is 11.9 Å². The second-order valence-electron chi connectivity index (χ2n) is 3.28. The summed E-state index contributed by atoms with van der Waals surface area (Å²) in [5.74, 6) is 0.0484. The van der Waals surface area contributed by atoms with Crippen LogP contribution in [0.2, 0.25) is 0 Å². The minimum Gasteiger partial charge on any atom is -0.399 e. The van der Waals surface area contributed by atoms with Gasteiger partial charge in [0.1, 0.15) is 5.84 Å². The molecule has 1 aromatic rings. The van der Waals surface area contributed by atoms with Crippen molar-refractivity contribution in [3.8, 4) is 0 Å². The van der Waals surface area contributed by atoms with E-state index in [1.165, 1.54) is 0 Å². The van der Waals surface area contributed by atoms with Gasteiger partial charge in [-0.1, -0.05) is 26.0 Å². The van der Waals surface area contributed by atoms with Gasteiger partial charge in [0.2, 0.25) is 0 Å². The monoisotopic (exact) mass is 194 g/mol. The van der Waals surface area contributed by atoms with Crippen molar-refractivity contribution >= 4 is 11.5 Å². The molecule has 0 spiro atoms. The van der Waals surface area contributed by atoms with E-state index in [0.717, 1.165) is 0 Å². The number of nitrogens with one attached hydrogen (secondary N) is 1. The Morgan fingerprint density at radius 3 is 2.14 bits per heavy atom. The van der Waals surface area contributed by atoms with E-state index >= 15 is 0 Å². The van der Waals surface area contributed by atoms with Gasteiger partial charge in [-0.2, -0.15) is 0 Å². The molecule has 0 saturated heterocycles. The molecular weight excluding hydrogens is 176 g/mol. The van der Waals surface area contributed by atoms with Gasteiger partial charge in [0.15, 0.2) is 0 Å². The summed E-state index contributed by atoms with van der Waals surface area (Å²) in [4.78, 5) is 0. The number of hydrogen-bond donors (Lipinski definition) is 4. The van der Waals surface area contributed by atoms with Crippen LogP contribution >= 0.6 is 0 Å². The molecular formula is C10H18N4. The van der Waals surface area contributed by atoms with Crippen LogP contribution in [0.5, 0.6) is 0 Å². The Balaban J connectivity index is 0.000000364. The lowest BCUT2D eigenvalue weighted by Crippen LogP contribution is -2.10. The van der Waals surface area contributed by atoms with E-state index in [9.17, 15) is 0 Å². The Kier molecular flexibility index (Phi) is 5.33. The van der Waals surface area contributed by atoms with E-state index in [-0.39, 0.29) is 5.84 Å². The zero-order valence-corrected chi connectivity index (χ0v) is 8.62. The largest absolute Gasteiger partial charge is 0.399 e. The third kappa shape index (κ3) is 6.02. The molecule has 0 unspecified atom stereocenters. The SMILES string of the molecule is CC(C)N.N=C(N)c1cccc(N)c1. The van der Waals surface area contributed by atoms with Crippen molar-refractivity contribution in [2.45, 2.75) is 19.9 Å². The first-order valence-electron chi connectivity index (χ1n) is 4.39. The smallest absolute Gasteiger partial charge is 0.122 e. The maximum Gasteiger partial charge on any atom is 0.122 e. The molecule has 4 nitrogen and oxygen atoms in total. The van der Waals surface area contributed by atoms with Gasteiger partial charge in [-0.15, -0.1) is 0 Å². The maximum atomic E-state index is 7.05. The molecule has 0 aliphatic heterocycles. The Labute approximate surface area is 84.6 Å². The number of rotatable bonds is 1. The first kappa shape index (κ1) is 12.4. The molecule has 0 atom stereocenters. The molecule has 0 bridgehead atoms. The van der Waals surface area contributed by atoms with Crippen molar-refractivity contribution < 1.29 is 0 Å². The molecule has 7 N–H and O–H groups in total. The summed E-state index contributed by atoms with van der Waals surface area (Å²) >= 11 is 0. The Morgan fingerprint density at radius 1 is 1.36 bits per heavy atom. The van der Waals surface area contributed by atoms with E-state index in [2.05, 4.69) is 0 Å². The minimum atomic E-state index is 0.0484. The number of amidine groups is 1. The molecule has 14 heavy (non-hydrogen) atoms. The van der Waals surface area contributed by atoms with Crippen molar-refractivity contribution in [1.29, 1.82) is 5.41 Å². The van der Waals surface area contributed by atoms with Gasteiger partial charge in [-0.05, 0) is 18.2 Å². The Hall–Kier alpha value is -1.55. The number of benzene rings is 1. The lowest BCUT2D eigenvalue weighted by molar-refractivity contribution is 0.834. The Morgan fingerprint density at radius 2 is 1.86 bits per heavy atom. The van der Waals surface area contributed by atoms with Gasteiger partial charge < -0.3 is 17.2 Å². The molecule has 0 saturated carbocycles. The van der Waals surface area contributed by atoms with E-state index in [1.54, 1.807) is 24.3 Å². The maximum absolute atomic E-state index is 7.05. The normalized spacial score (nSPS) is 9.14. The molecule has 0 aliphatic rings. The highest BCUT2D eigenvalue weighted by Crippen LogP contribution is 2.04. The molecule has 0 aromatic heterocycles. The van der Waals surface area contributed by atoms with Crippen LogP contribution in [-0.2, 0) is 0 Å². The van der Waals surface area contributed by atoms with Crippen molar-refractivity contribution in [2.75, 3.05) is 5.73 Å².